The molecule has 6 heteroatoms. The molecule has 6 nitrogen and oxygen atoms in total. The largest absolute Gasteiger partial charge is 0.475 e. The molecule has 0 unspecified atom stereocenters. The number of hydrogen-bond acceptors (Lipinski definition) is 4. The van der Waals surface area contributed by atoms with Crippen molar-refractivity contribution >= 4 is 11.9 Å². The van der Waals surface area contributed by atoms with Gasteiger partial charge in [-0.2, -0.15) is 0 Å². The van der Waals surface area contributed by atoms with Gasteiger partial charge in [0.2, 0.25) is 11.7 Å². The molecule has 0 atom stereocenters. The Morgan fingerprint density at radius 3 is 2.62 bits per heavy atom. The lowest BCUT2D eigenvalue weighted by Crippen LogP contribution is -2.33. The van der Waals surface area contributed by atoms with Gasteiger partial charge in [0.15, 0.2) is 0 Å². The van der Waals surface area contributed by atoms with Crippen molar-refractivity contribution in [1.82, 2.24) is 4.90 Å². The van der Waals surface area contributed by atoms with E-state index in [1.807, 2.05) is 6.92 Å². The van der Waals surface area contributed by atoms with Gasteiger partial charge in [-0.3, -0.25) is 9.69 Å². The molecule has 0 radical (unpaired) electrons. The molecule has 0 aliphatic heterocycles. The second kappa shape index (κ2) is 5.32. The average molecular weight is 226 g/mol. The molecule has 1 rings (SSSR count). The molecule has 1 amide bonds. The van der Waals surface area contributed by atoms with Gasteiger partial charge < -0.3 is 15.3 Å². The van der Waals surface area contributed by atoms with Crippen LogP contribution in [-0.4, -0.2) is 35.0 Å². The van der Waals surface area contributed by atoms with Crippen LogP contribution >= 0.6 is 0 Å². The van der Waals surface area contributed by atoms with E-state index in [4.69, 9.17) is 15.3 Å². The summed E-state index contributed by atoms with van der Waals surface area (Å²) in [7, 11) is 0. The predicted octanol–water partition coefficient (Wildman–Crippen LogP) is 0.285. The van der Waals surface area contributed by atoms with Gasteiger partial charge in [0.25, 0.3) is 0 Å². The molecule has 1 aromatic rings. The van der Waals surface area contributed by atoms with Crippen LogP contribution < -0.4 is 5.73 Å². The third-order valence-corrected chi connectivity index (χ3v) is 2.08. The van der Waals surface area contributed by atoms with Crippen LogP contribution in [0, 0.1) is 0 Å². The minimum Gasteiger partial charge on any atom is -0.475 e. The number of likely N-dealkylation sites (N-methyl/N-ethyl adjacent to an activating group) is 1. The number of carboxylic acid groups (broad SMARTS) is 1. The highest BCUT2D eigenvalue weighted by atomic mass is 16.4. The van der Waals surface area contributed by atoms with Crippen molar-refractivity contribution in [3.8, 4) is 0 Å². The molecule has 0 spiro atoms. The number of nitrogens with two attached hydrogens (primary N) is 1. The monoisotopic (exact) mass is 226 g/mol. The Hall–Kier alpha value is -1.82. The number of amides is 1. The fourth-order valence-electron chi connectivity index (χ4n) is 1.30. The van der Waals surface area contributed by atoms with Gasteiger partial charge in [0.1, 0.15) is 5.76 Å². The lowest BCUT2D eigenvalue weighted by Gasteiger charge is -2.16. The molecule has 1 heterocycles. The third kappa shape index (κ3) is 3.39. The first-order valence-electron chi connectivity index (χ1n) is 4.85. The smallest absolute Gasteiger partial charge is 0.371 e. The summed E-state index contributed by atoms with van der Waals surface area (Å²) in [5.74, 6) is -1.14. The Bertz CT molecular complexity index is 386. The van der Waals surface area contributed by atoms with E-state index in [1.165, 1.54) is 6.07 Å². The maximum Gasteiger partial charge on any atom is 0.371 e. The second-order valence-electron chi connectivity index (χ2n) is 3.34. The molecule has 0 fully saturated rings. The molecule has 16 heavy (non-hydrogen) atoms. The van der Waals surface area contributed by atoms with Crippen LogP contribution in [0.5, 0.6) is 0 Å². The summed E-state index contributed by atoms with van der Waals surface area (Å²) < 4.78 is 5.07. The molecule has 1 aromatic heterocycles. The summed E-state index contributed by atoms with van der Waals surface area (Å²) in [6, 6.07) is 2.96. The Morgan fingerprint density at radius 1 is 1.50 bits per heavy atom. The number of carboxylic acids is 1. The van der Waals surface area contributed by atoms with Crippen LogP contribution in [0.2, 0.25) is 0 Å². The number of carbonyl (C=O) groups is 2. The molecule has 0 aliphatic rings. The van der Waals surface area contributed by atoms with Crippen molar-refractivity contribution in [2.75, 3.05) is 13.1 Å². The molecule has 0 saturated carbocycles. The summed E-state index contributed by atoms with van der Waals surface area (Å²) in [6.45, 7) is 3.00. The molecule has 88 valence electrons. The van der Waals surface area contributed by atoms with Crippen molar-refractivity contribution in [3.63, 3.8) is 0 Å². The maximum absolute atomic E-state index is 10.7. The Kier molecular flexibility index (Phi) is 4.07. The number of primary amides is 1. The van der Waals surface area contributed by atoms with Gasteiger partial charge in [-0.1, -0.05) is 6.92 Å². The number of furan rings is 1. The molecule has 3 N–H and O–H groups in total. The van der Waals surface area contributed by atoms with E-state index in [1.54, 1.807) is 11.0 Å². The fourth-order valence-corrected chi connectivity index (χ4v) is 1.30. The van der Waals surface area contributed by atoms with Crippen molar-refractivity contribution in [1.29, 1.82) is 0 Å². The highest BCUT2D eigenvalue weighted by Crippen LogP contribution is 2.10. The standard InChI is InChI=1S/C10H14N2O4/c1-2-12(6-9(11)13)5-7-3-4-8(16-7)10(14)15/h3-4H,2,5-6H2,1H3,(H2,11,13)(H,14,15). The van der Waals surface area contributed by atoms with E-state index in [-0.39, 0.29) is 12.3 Å². The normalized spacial score (nSPS) is 10.6. The zero-order valence-electron chi connectivity index (χ0n) is 8.97. The molecule has 0 aliphatic carbocycles. The zero-order chi connectivity index (χ0) is 12.1. The second-order valence-corrected chi connectivity index (χ2v) is 3.34. The SMILES string of the molecule is CCN(CC(N)=O)Cc1ccc(C(=O)O)o1. The summed E-state index contributed by atoms with van der Waals surface area (Å²) in [5.41, 5.74) is 5.07. The van der Waals surface area contributed by atoms with Gasteiger partial charge in [0, 0.05) is 0 Å². The topological polar surface area (TPSA) is 96.8 Å². The molecule has 0 saturated heterocycles. The van der Waals surface area contributed by atoms with Gasteiger partial charge in [-0.05, 0) is 18.7 Å². The van der Waals surface area contributed by atoms with Crippen molar-refractivity contribution in [3.05, 3.63) is 23.7 Å². The minimum atomic E-state index is -1.11. The summed E-state index contributed by atoms with van der Waals surface area (Å²) in [6.07, 6.45) is 0. The number of rotatable bonds is 6. The third-order valence-electron chi connectivity index (χ3n) is 2.08. The fraction of sp³-hybridized carbons (Fsp3) is 0.400. The van der Waals surface area contributed by atoms with Crippen LogP contribution in [0.3, 0.4) is 0 Å². The molecular weight excluding hydrogens is 212 g/mol. The molecular formula is C10H14N2O4. The quantitative estimate of drug-likeness (QED) is 0.726. The van der Waals surface area contributed by atoms with E-state index >= 15 is 0 Å². The first-order valence-corrected chi connectivity index (χ1v) is 4.85. The van der Waals surface area contributed by atoms with Crippen LogP contribution in [0.25, 0.3) is 0 Å². The Labute approximate surface area is 92.6 Å². The van der Waals surface area contributed by atoms with Gasteiger partial charge in [-0.15, -0.1) is 0 Å². The summed E-state index contributed by atoms with van der Waals surface area (Å²) >= 11 is 0. The highest BCUT2D eigenvalue weighted by molar-refractivity contribution is 5.84. The Balaban J connectivity index is 2.63. The van der Waals surface area contributed by atoms with Crippen molar-refractivity contribution in [2.45, 2.75) is 13.5 Å². The number of hydrogen-bond donors (Lipinski definition) is 2. The minimum absolute atomic E-state index is 0.106. The Morgan fingerprint density at radius 2 is 2.19 bits per heavy atom. The summed E-state index contributed by atoms with van der Waals surface area (Å²) in [4.78, 5) is 23.1. The van der Waals surface area contributed by atoms with E-state index in [9.17, 15) is 9.59 Å². The first kappa shape index (κ1) is 12.3. The van der Waals surface area contributed by atoms with Crippen molar-refractivity contribution in [2.24, 2.45) is 5.73 Å². The van der Waals surface area contributed by atoms with E-state index in [2.05, 4.69) is 0 Å². The van der Waals surface area contributed by atoms with Crippen molar-refractivity contribution < 1.29 is 19.1 Å². The number of nitrogens with zero attached hydrogens (tertiary/aromatic N) is 1. The highest BCUT2D eigenvalue weighted by Gasteiger charge is 2.12. The van der Waals surface area contributed by atoms with Gasteiger partial charge >= 0.3 is 5.97 Å². The zero-order valence-corrected chi connectivity index (χ0v) is 8.97. The van der Waals surface area contributed by atoms with Crippen LogP contribution in [0.15, 0.2) is 16.5 Å². The summed E-state index contributed by atoms with van der Waals surface area (Å²) in [5, 5.41) is 8.65. The lowest BCUT2D eigenvalue weighted by atomic mass is 10.3. The van der Waals surface area contributed by atoms with E-state index in [0.29, 0.717) is 18.8 Å². The van der Waals surface area contributed by atoms with Gasteiger partial charge in [-0.25, -0.2) is 4.79 Å². The lowest BCUT2D eigenvalue weighted by molar-refractivity contribution is -0.119. The van der Waals surface area contributed by atoms with E-state index < -0.39 is 11.9 Å². The maximum atomic E-state index is 10.7. The predicted molar refractivity (Wildman–Crippen MR) is 55.8 cm³/mol. The van der Waals surface area contributed by atoms with Crippen LogP contribution in [0.1, 0.15) is 23.2 Å². The van der Waals surface area contributed by atoms with E-state index in [0.717, 1.165) is 0 Å². The van der Waals surface area contributed by atoms with Crippen LogP contribution in [0.4, 0.5) is 0 Å². The first-order chi connectivity index (χ1) is 7.52. The molecule has 0 aromatic carbocycles. The average Bonchev–Trinajstić information content (AvgIpc) is 2.64. The van der Waals surface area contributed by atoms with Crippen LogP contribution in [-0.2, 0) is 11.3 Å². The van der Waals surface area contributed by atoms with Gasteiger partial charge in [0.05, 0.1) is 13.1 Å². The number of carbonyl (C=O) groups excluding carboxylic acids is 1. The number of aromatic carboxylic acids is 1. The molecule has 0 bridgehead atoms.